The maximum atomic E-state index is 11.8. The second-order valence-corrected chi connectivity index (χ2v) is 4.59. The molecule has 1 fully saturated rings. The molecular formula is C11H16N4O3. The van der Waals surface area contributed by atoms with Gasteiger partial charge in [0, 0.05) is 31.4 Å². The summed E-state index contributed by atoms with van der Waals surface area (Å²) in [5.74, 6) is -1.32. The summed E-state index contributed by atoms with van der Waals surface area (Å²) in [6.07, 6.45) is 3.33. The molecule has 98 valence electrons. The first-order valence-electron chi connectivity index (χ1n) is 5.81. The van der Waals surface area contributed by atoms with E-state index in [2.05, 4.69) is 15.5 Å². The Bertz CT molecular complexity index is 432. The highest BCUT2D eigenvalue weighted by Crippen LogP contribution is 2.22. The van der Waals surface area contributed by atoms with E-state index in [9.17, 15) is 9.59 Å². The minimum atomic E-state index is -0.840. The third-order valence-corrected chi connectivity index (χ3v) is 3.22. The monoisotopic (exact) mass is 252 g/mol. The molecule has 1 aromatic heterocycles. The molecule has 1 aliphatic rings. The average Bonchev–Trinajstić information content (AvgIpc) is 2.94. The summed E-state index contributed by atoms with van der Waals surface area (Å²) >= 11 is 0. The molecule has 2 unspecified atom stereocenters. The number of H-pyrrole nitrogens is 1. The van der Waals surface area contributed by atoms with Crippen molar-refractivity contribution in [2.75, 3.05) is 13.1 Å². The van der Waals surface area contributed by atoms with Gasteiger partial charge in [-0.05, 0) is 5.92 Å². The van der Waals surface area contributed by atoms with Crippen molar-refractivity contribution in [3.8, 4) is 0 Å². The first-order valence-corrected chi connectivity index (χ1v) is 5.81. The number of nitrogens with zero attached hydrogens (tertiary/aromatic N) is 2. The molecule has 1 saturated heterocycles. The number of likely N-dealkylation sites (tertiary alicyclic amines) is 1. The van der Waals surface area contributed by atoms with Gasteiger partial charge in [-0.3, -0.25) is 9.89 Å². The molecule has 1 aliphatic heterocycles. The lowest BCUT2D eigenvalue weighted by Gasteiger charge is -2.16. The molecule has 18 heavy (non-hydrogen) atoms. The summed E-state index contributed by atoms with van der Waals surface area (Å²) in [4.78, 5) is 24.3. The van der Waals surface area contributed by atoms with E-state index in [-0.39, 0.29) is 18.5 Å². The van der Waals surface area contributed by atoms with Crippen LogP contribution in [-0.4, -0.2) is 45.3 Å². The Labute approximate surface area is 104 Å². The van der Waals surface area contributed by atoms with Crippen molar-refractivity contribution in [2.24, 2.45) is 11.8 Å². The van der Waals surface area contributed by atoms with Crippen LogP contribution < -0.4 is 5.32 Å². The zero-order chi connectivity index (χ0) is 13.1. The second kappa shape index (κ2) is 5.07. The van der Waals surface area contributed by atoms with E-state index >= 15 is 0 Å². The summed E-state index contributed by atoms with van der Waals surface area (Å²) in [7, 11) is 0. The van der Waals surface area contributed by atoms with Crippen LogP contribution in [0.2, 0.25) is 0 Å². The van der Waals surface area contributed by atoms with Crippen LogP contribution >= 0.6 is 0 Å². The number of urea groups is 1. The number of aromatic nitrogens is 2. The Hall–Kier alpha value is -2.05. The van der Waals surface area contributed by atoms with E-state index < -0.39 is 11.9 Å². The lowest BCUT2D eigenvalue weighted by molar-refractivity contribution is -0.142. The number of nitrogens with one attached hydrogen (secondary N) is 2. The van der Waals surface area contributed by atoms with Gasteiger partial charge < -0.3 is 15.3 Å². The molecule has 2 atom stereocenters. The van der Waals surface area contributed by atoms with Crippen LogP contribution in [0.4, 0.5) is 4.79 Å². The first-order chi connectivity index (χ1) is 8.58. The SMILES string of the molecule is CC1CN(C(=O)NCc2cn[nH]c2)CC1C(=O)O. The Morgan fingerprint density at radius 3 is 2.94 bits per heavy atom. The first kappa shape index (κ1) is 12.4. The molecule has 0 spiro atoms. The number of amides is 2. The van der Waals surface area contributed by atoms with Gasteiger partial charge >= 0.3 is 12.0 Å². The van der Waals surface area contributed by atoms with E-state index in [0.29, 0.717) is 13.1 Å². The van der Waals surface area contributed by atoms with Crippen molar-refractivity contribution in [3.05, 3.63) is 18.0 Å². The zero-order valence-corrected chi connectivity index (χ0v) is 10.1. The summed E-state index contributed by atoms with van der Waals surface area (Å²) in [6.45, 7) is 2.99. The number of aromatic amines is 1. The van der Waals surface area contributed by atoms with E-state index in [0.717, 1.165) is 5.56 Å². The van der Waals surface area contributed by atoms with Gasteiger partial charge in [-0.15, -0.1) is 0 Å². The highest BCUT2D eigenvalue weighted by Gasteiger charge is 2.36. The number of rotatable bonds is 3. The lowest BCUT2D eigenvalue weighted by Crippen LogP contribution is -2.38. The maximum Gasteiger partial charge on any atom is 0.317 e. The molecule has 7 heteroatoms. The van der Waals surface area contributed by atoms with Crippen LogP contribution in [0.5, 0.6) is 0 Å². The van der Waals surface area contributed by atoms with Gasteiger partial charge in [-0.25, -0.2) is 4.79 Å². The predicted octanol–water partition coefficient (Wildman–Crippen LogP) is 0.272. The van der Waals surface area contributed by atoms with Crippen LogP contribution in [0.15, 0.2) is 12.4 Å². The molecular weight excluding hydrogens is 236 g/mol. The molecule has 2 rings (SSSR count). The number of carbonyl (C=O) groups excluding carboxylic acids is 1. The average molecular weight is 252 g/mol. The summed E-state index contributed by atoms with van der Waals surface area (Å²) < 4.78 is 0. The second-order valence-electron chi connectivity index (χ2n) is 4.59. The topological polar surface area (TPSA) is 98.3 Å². The van der Waals surface area contributed by atoms with E-state index in [4.69, 9.17) is 5.11 Å². The van der Waals surface area contributed by atoms with Crippen LogP contribution in [-0.2, 0) is 11.3 Å². The number of aliphatic carboxylic acids is 1. The van der Waals surface area contributed by atoms with Gasteiger partial charge in [-0.2, -0.15) is 5.10 Å². The van der Waals surface area contributed by atoms with Gasteiger partial charge in [-0.1, -0.05) is 6.92 Å². The smallest absolute Gasteiger partial charge is 0.317 e. The molecule has 3 N–H and O–H groups in total. The van der Waals surface area contributed by atoms with Crippen LogP contribution in [0.1, 0.15) is 12.5 Å². The summed E-state index contributed by atoms with van der Waals surface area (Å²) in [6, 6.07) is -0.230. The quantitative estimate of drug-likeness (QED) is 0.719. The fraction of sp³-hybridized carbons (Fsp3) is 0.545. The van der Waals surface area contributed by atoms with Gasteiger partial charge in [0.1, 0.15) is 0 Å². The van der Waals surface area contributed by atoms with Crippen LogP contribution in [0, 0.1) is 11.8 Å². The number of carboxylic acid groups (broad SMARTS) is 1. The standard InChI is InChI=1S/C11H16N4O3/c1-7-5-15(6-9(7)10(16)17)11(18)12-2-8-3-13-14-4-8/h3-4,7,9H,2,5-6H2,1H3,(H,12,18)(H,13,14)(H,16,17). The molecule has 2 heterocycles. The highest BCUT2D eigenvalue weighted by molar-refractivity contribution is 5.77. The third kappa shape index (κ3) is 2.61. The van der Waals surface area contributed by atoms with E-state index in [1.54, 1.807) is 17.3 Å². The molecule has 0 aromatic carbocycles. The normalized spacial score (nSPS) is 23.1. The number of hydrogen-bond acceptors (Lipinski definition) is 3. The number of hydrogen-bond donors (Lipinski definition) is 3. The number of carboxylic acids is 1. The molecule has 7 nitrogen and oxygen atoms in total. The lowest BCUT2D eigenvalue weighted by atomic mass is 9.99. The largest absolute Gasteiger partial charge is 0.481 e. The van der Waals surface area contributed by atoms with Crippen molar-refractivity contribution in [1.29, 1.82) is 0 Å². The van der Waals surface area contributed by atoms with Gasteiger partial charge in [0.15, 0.2) is 0 Å². The molecule has 0 bridgehead atoms. The minimum absolute atomic E-state index is 0.0119. The molecule has 0 aliphatic carbocycles. The number of carbonyl (C=O) groups is 2. The fourth-order valence-corrected chi connectivity index (χ4v) is 2.12. The van der Waals surface area contributed by atoms with Crippen molar-refractivity contribution < 1.29 is 14.7 Å². The van der Waals surface area contributed by atoms with Crippen LogP contribution in [0.25, 0.3) is 0 Å². The Balaban J connectivity index is 1.85. The predicted molar refractivity (Wildman–Crippen MR) is 62.7 cm³/mol. The van der Waals surface area contributed by atoms with Gasteiger partial charge in [0.25, 0.3) is 0 Å². The van der Waals surface area contributed by atoms with Crippen LogP contribution in [0.3, 0.4) is 0 Å². The summed E-state index contributed by atoms with van der Waals surface area (Å²) in [5.41, 5.74) is 0.880. The molecule has 0 radical (unpaired) electrons. The van der Waals surface area contributed by atoms with Crippen molar-refractivity contribution in [1.82, 2.24) is 20.4 Å². The highest BCUT2D eigenvalue weighted by atomic mass is 16.4. The van der Waals surface area contributed by atoms with Gasteiger partial charge in [0.05, 0.1) is 12.1 Å². The minimum Gasteiger partial charge on any atom is -0.481 e. The van der Waals surface area contributed by atoms with Crippen molar-refractivity contribution in [2.45, 2.75) is 13.5 Å². The third-order valence-electron chi connectivity index (χ3n) is 3.22. The molecule has 0 saturated carbocycles. The van der Waals surface area contributed by atoms with Gasteiger partial charge in [0.2, 0.25) is 0 Å². The Morgan fingerprint density at radius 1 is 1.61 bits per heavy atom. The van der Waals surface area contributed by atoms with E-state index in [1.165, 1.54) is 0 Å². The van der Waals surface area contributed by atoms with Crippen molar-refractivity contribution >= 4 is 12.0 Å². The zero-order valence-electron chi connectivity index (χ0n) is 10.1. The molecule has 1 aromatic rings. The fourth-order valence-electron chi connectivity index (χ4n) is 2.12. The molecule has 2 amide bonds. The van der Waals surface area contributed by atoms with Crippen molar-refractivity contribution in [3.63, 3.8) is 0 Å². The Kier molecular flexibility index (Phi) is 3.50. The summed E-state index contributed by atoms with van der Waals surface area (Å²) in [5, 5.41) is 18.2. The van der Waals surface area contributed by atoms with E-state index in [1.807, 2.05) is 6.92 Å². The maximum absolute atomic E-state index is 11.8. The Morgan fingerprint density at radius 2 is 2.39 bits per heavy atom.